The van der Waals surface area contributed by atoms with Crippen molar-refractivity contribution in [3.8, 4) is 0 Å². The molecule has 104 valence electrons. The number of carbonyl (C=O) groups is 1. The molecule has 0 aliphatic carbocycles. The monoisotopic (exact) mass is 270 g/mol. The molecule has 0 fully saturated rings. The first-order chi connectivity index (χ1) is 9.49. The minimum atomic E-state index is -0.405. The Bertz CT molecular complexity index is 621. The fourth-order valence-corrected chi connectivity index (χ4v) is 2.53. The van der Waals surface area contributed by atoms with E-state index in [1.807, 2.05) is 44.2 Å². The number of ketones is 1. The number of hydrogen-bond donors (Lipinski definition) is 0. The molecular formula is C18H19FO. The smallest absolute Gasteiger partial charge is 0.166 e. The van der Waals surface area contributed by atoms with Gasteiger partial charge >= 0.3 is 0 Å². The van der Waals surface area contributed by atoms with E-state index in [1.54, 1.807) is 6.92 Å². The van der Waals surface area contributed by atoms with Crippen molar-refractivity contribution >= 4 is 5.78 Å². The summed E-state index contributed by atoms with van der Waals surface area (Å²) in [5.41, 5.74) is 4.12. The van der Waals surface area contributed by atoms with Crippen molar-refractivity contribution in [2.45, 2.75) is 33.6 Å². The van der Waals surface area contributed by atoms with Gasteiger partial charge in [0, 0.05) is 6.42 Å². The summed E-state index contributed by atoms with van der Waals surface area (Å²) in [6, 6.07) is 11.3. The number of rotatable bonds is 4. The molecule has 0 N–H and O–H groups in total. The number of aryl methyl sites for hydroxylation is 4. The Labute approximate surface area is 119 Å². The van der Waals surface area contributed by atoms with Gasteiger partial charge in [-0.3, -0.25) is 4.79 Å². The zero-order chi connectivity index (χ0) is 14.7. The maximum absolute atomic E-state index is 13.9. The van der Waals surface area contributed by atoms with Gasteiger partial charge in [0.2, 0.25) is 0 Å². The van der Waals surface area contributed by atoms with Gasteiger partial charge in [-0.2, -0.15) is 0 Å². The summed E-state index contributed by atoms with van der Waals surface area (Å²) < 4.78 is 13.9. The Morgan fingerprint density at radius 3 is 2.40 bits per heavy atom. The predicted octanol–water partition coefficient (Wildman–Crippen LogP) is 4.57. The third kappa shape index (κ3) is 3.13. The van der Waals surface area contributed by atoms with E-state index in [4.69, 9.17) is 0 Å². The third-order valence-electron chi connectivity index (χ3n) is 3.59. The molecule has 0 aliphatic heterocycles. The lowest BCUT2D eigenvalue weighted by molar-refractivity contribution is 0.0978. The molecule has 0 aliphatic rings. The number of Topliss-reactive ketones (excluding diaryl/α,β-unsaturated/α-hetero) is 1. The fraction of sp³-hybridized carbons (Fsp3) is 0.278. The van der Waals surface area contributed by atoms with Gasteiger partial charge in [0.05, 0.1) is 5.56 Å². The Morgan fingerprint density at radius 2 is 1.75 bits per heavy atom. The summed E-state index contributed by atoms with van der Waals surface area (Å²) in [4.78, 5) is 12.2. The SMILES string of the molecule is Cc1cc(C)c(C(=O)CCc2ccccc2C)c(F)c1. The van der Waals surface area contributed by atoms with Gasteiger partial charge < -0.3 is 0 Å². The zero-order valence-corrected chi connectivity index (χ0v) is 12.2. The van der Waals surface area contributed by atoms with E-state index in [9.17, 15) is 9.18 Å². The fourth-order valence-electron chi connectivity index (χ4n) is 2.53. The molecule has 2 heteroatoms. The van der Waals surface area contributed by atoms with E-state index in [2.05, 4.69) is 0 Å². The van der Waals surface area contributed by atoms with E-state index in [0.717, 1.165) is 16.7 Å². The number of halogens is 1. The topological polar surface area (TPSA) is 17.1 Å². The van der Waals surface area contributed by atoms with Gasteiger partial charge in [0.1, 0.15) is 5.82 Å². The van der Waals surface area contributed by atoms with Crippen LogP contribution in [0.1, 0.15) is 39.0 Å². The Hall–Kier alpha value is -1.96. The van der Waals surface area contributed by atoms with E-state index in [1.165, 1.54) is 11.6 Å². The minimum Gasteiger partial charge on any atom is -0.294 e. The van der Waals surface area contributed by atoms with Crippen molar-refractivity contribution in [3.63, 3.8) is 0 Å². The second-order valence-electron chi connectivity index (χ2n) is 5.29. The summed E-state index contributed by atoms with van der Waals surface area (Å²) in [6.45, 7) is 5.65. The van der Waals surface area contributed by atoms with Gasteiger partial charge in [-0.15, -0.1) is 0 Å². The molecular weight excluding hydrogens is 251 g/mol. The van der Waals surface area contributed by atoms with Gasteiger partial charge in [0.25, 0.3) is 0 Å². The Morgan fingerprint density at radius 1 is 1.05 bits per heavy atom. The molecule has 0 spiro atoms. The molecule has 0 amide bonds. The highest BCUT2D eigenvalue weighted by Crippen LogP contribution is 2.19. The number of hydrogen-bond acceptors (Lipinski definition) is 1. The average molecular weight is 270 g/mol. The third-order valence-corrected chi connectivity index (χ3v) is 3.59. The molecule has 0 atom stereocenters. The van der Waals surface area contributed by atoms with Gasteiger partial charge in [0.15, 0.2) is 5.78 Å². The van der Waals surface area contributed by atoms with Crippen LogP contribution in [0.2, 0.25) is 0 Å². The average Bonchev–Trinajstić information content (AvgIpc) is 2.36. The second-order valence-corrected chi connectivity index (χ2v) is 5.29. The molecule has 0 saturated carbocycles. The molecule has 0 heterocycles. The van der Waals surface area contributed by atoms with Crippen molar-refractivity contribution in [3.05, 3.63) is 70.0 Å². The van der Waals surface area contributed by atoms with E-state index >= 15 is 0 Å². The van der Waals surface area contributed by atoms with E-state index < -0.39 is 5.82 Å². The number of carbonyl (C=O) groups excluding carboxylic acids is 1. The van der Waals surface area contributed by atoms with Crippen molar-refractivity contribution in [1.82, 2.24) is 0 Å². The molecule has 2 aromatic carbocycles. The minimum absolute atomic E-state index is 0.122. The Kier molecular flexibility index (Phi) is 4.33. The maximum Gasteiger partial charge on any atom is 0.166 e. The van der Waals surface area contributed by atoms with Crippen LogP contribution in [-0.2, 0) is 6.42 Å². The van der Waals surface area contributed by atoms with Crippen molar-refractivity contribution < 1.29 is 9.18 Å². The molecule has 0 unspecified atom stereocenters. The summed E-state index contributed by atoms with van der Waals surface area (Å²) in [5.74, 6) is -0.527. The highest BCUT2D eigenvalue weighted by atomic mass is 19.1. The van der Waals surface area contributed by atoms with Crippen LogP contribution in [-0.4, -0.2) is 5.78 Å². The summed E-state index contributed by atoms with van der Waals surface area (Å²) in [7, 11) is 0. The molecule has 1 nitrogen and oxygen atoms in total. The highest BCUT2D eigenvalue weighted by Gasteiger charge is 2.15. The quantitative estimate of drug-likeness (QED) is 0.744. The largest absolute Gasteiger partial charge is 0.294 e. The van der Waals surface area contributed by atoms with Gasteiger partial charge in [-0.25, -0.2) is 4.39 Å². The molecule has 0 radical (unpaired) electrons. The summed E-state index contributed by atoms with van der Waals surface area (Å²) >= 11 is 0. The van der Waals surface area contributed by atoms with Crippen molar-refractivity contribution in [1.29, 1.82) is 0 Å². The van der Waals surface area contributed by atoms with Crippen molar-refractivity contribution in [2.24, 2.45) is 0 Å². The van der Waals surface area contributed by atoms with Crippen LogP contribution < -0.4 is 0 Å². The summed E-state index contributed by atoms with van der Waals surface area (Å²) in [6.07, 6.45) is 0.990. The maximum atomic E-state index is 13.9. The number of benzene rings is 2. The summed E-state index contributed by atoms with van der Waals surface area (Å²) in [5, 5.41) is 0. The van der Waals surface area contributed by atoms with E-state index in [0.29, 0.717) is 12.8 Å². The molecule has 20 heavy (non-hydrogen) atoms. The zero-order valence-electron chi connectivity index (χ0n) is 12.2. The Balaban J connectivity index is 2.16. The molecule has 0 bridgehead atoms. The second kappa shape index (κ2) is 6.00. The lowest BCUT2D eigenvalue weighted by Gasteiger charge is -2.09. The molecule has 0 saturated heterocycles. The van der Waals surface area contributed by atoms with Crippen molar-refractivity contribution in [2.75, 3.05) is 0 Å². The van der Waals surface area contributed by atoms with Crippen LogP contribution in [0.15, 0.2) is 36.4 Å². The van der Waals surface area contributed by atoms with Gasteiger partial charge in [-0.05, 0) is 55.5 Å². The molecule has 2 rings (SSSR count). The van der Waals surface area contributed by atoms with Gasteiger partial charge in [-0.1, -0.05) is 30.3 Å². The van der Waals surface area contributed by atoms with Crippen LogP contribution in [0.5, 0.6) is 0 Å². The first-order valence-electron chi connectivity index (χ1n) is 6.83. The first kappa shape index (κ1) is 14.4. The first-order valence-corrected chi connectivity index (χ1v) is 6.83. The van der Waals surface area contributed by atoms with Crippen LogP contribution in [0.25, 0.3) is 0 Å². The predicted molar refractivity (Wildman–Crippen MR) is 79.7 cm³/mol. The lowest BCUT2D eigenvalue weighted by Crippen LogP contribution is -2.07. The lowest BCUT2D eigenvalue weighted by atomic mass is 9.96. The molecule has 0 aromatic heterocycles. The van der Waals surface area contributed by atoms with Crippen LogP contribution in [0, 0.1) is 26.6 Å². The highest BCUT2D eigenvalue weighted by molar-refractivity contribution is 5.97. The van der Waals surface area contributed by atoms with E-state index in [-0.39, 0.29) is 11.3 Å². The van der Waals surface area contributed by atoms with Crippen LogP contribution >= 0.6 is 0 Å². The normalized spacial score (nSPS) is 10.6. The van der Waals surface area contributed by atoms with Crippen LogP contribution in [0.4, 0.5) is 4.39 Å². The molecule has 2 aromatic rings. The standard InChI is InChI=1S/C18H19FO/c1-12-10-14(3)18(16(19)11-12)17(20)9-8-15-7-5-4-6-13(15)2/h4-7,10-11H,8-9H2,1-3H3. The van der Waals surface area contributed by atoms with Crippen LogP contribution in [0.3, 0.4) is 0 Å².